The first-order chi connectivity index (χ1) is 14.9. The Labute approximate surface area is 180 Å². The third kappa shape index (κ3) is 3.42. The molecule has 0 fully saturated rings. The number of hydrazone groups is 1. The van der Waals surface area contributed by atoms with Gasteiger partial charge in [-0.05, 0) is 30.7 Å². The number of likely N-dealkylation sites (N-methyl/N-ethyl adjacent to an activating group) is 1. The quantitative estimate of drug-likeness (QED) is 0.523. The standard InChI is InChI=1S/C24H25N5O2/c1-5-29-23(31)17-11-7-6-10-16(17)21(27-29)22(30)26-25-15-14-20-24(2,3)18-12-8-9-13-19(18)28(20)4/h6-15H,5H2,1-4H3,(H,26,30)/b20-14+,25-15+. The van der Waals surface area contributed by atoms with E-state index in [9.17, 15) is 9.59 Å². The van der Waals surface area contributed by atoms with Gasteiger partial charge in [-0.25, -0.2) is 10.1 Å². The number of para-hydroxylation sites is 1. The fraction of sp³-hybridized carbons (Fsp3) is 0.250. The molecule has 1 aliphatic rings. The first-order valence-corrected chi connectivity index (χ1v) is 10.2. The highest BCUT2D eigenvalue weighted by Crippen LogP contribution is 2.46. The molecule has 0 spiro atoms. The molecule has 2 heterocycles. The molecule has 0 saturated carbocycles. The fourth-order valence-electron chi connectivity index (χ4n) is 4.18. The van der Waals surface area contributed by atoms with Crippen LogP contribution in [0.15, 0.2) is 70.2 Å². The Bertz CT molecular complexity index is 1290. The summed E-state index contributed by atoms with van der Waals surface area (Å²) in [5.41, 5.74) is 5.82. The summed E-state index contributed by atoms with van der Waals surface area (Å²) in [4.78, 5) is 27.4. The molecule has 0 unspecified atom stereocenters. The maximum absolute atomic E-state index is 12.8. The van der Waals surface area contributed by atoms with Gasteiger partial charge in [-0.15, -0.1) is 0 Å². The molecule has 1 amide bonds. The second-order valence-corrected chi connectivity index (χ2v) is 7.99. The van der Waals surface area contributed by atoms with E-state index in [1.54, 1.807) is 30.5 Å². The van der Waals surface area contributed by atoms with E-state index >= 15 is 0 Å². The highest BCUT2D eigenvalue weighted by Gasteiger charge is 2.37. The second-order valence-electron chi connectivity index (χ2n) is 7.99. The van der Waals surface area contributed by atoms with Crippen LogP contribution in [-0.4, -0.2) is 28.9 Å². The number of carbonyl (C=O) groups is 1. The predicted molar refractivity (Wildman–Crippen MR) is 124 cm³/mol. The summed E-state index contributed by atoms with van der Waals surface area (Å²) < 4.78 is 1.29. The molecule has 158 valence electrons. The van der Waals surface area contributed by atoms with Gasteiger partial charge in [0.2, 0.25) is 0 Å². The molecule has 7 heteroatoms. The average molecular weight is 415 g/mol. The topological polar surface area (TPSA) is 79.6 Å². The number of fused-ring (bicyclic) bond motifs is 2. The molecular weight excluding hydrogens is 390 g/mol. The van der Waals surface area contributed by atoms with Crippen molar-refractivity contribution in [3.05, 3.63) is 81.9 Å². The molecule has 31 heavy (non-hydrogen) atoms. The van der Waals surface area contributed by atoms with Crippen LogP contribution in [0.3, 0.4) is 0 Å². The Balaban J connectivity index is 1.59. The van der Waals surface area contributed by atoms with Crippen LogP contribution in [0.25, 0.3) is 10.8 Å². The van der Waals surface area contributed by atoms with Crippen LogP contribution in [0.5, 0.6) is 0 Å². The highest BCUT2D eigenvalue weighted by molar-refractivity contribution is 6.04. The first-order valence-electron chi connectivity index (χ1n) is 10.2. The maximum atomic E-state index is 12.8. The van der Waals surface area contributed by atoms with E-state index in [1.165, 1.54) is 10.2 Å². The van der Waals surface area contributed by atoms with Crippen molar-refractivity contribution in [2.24, 2.45) is 5.10 Å². The lowest BCUT2D eigenvalue weighted by molar-refractivity contribution is 0.0949. The van der Waals surface area contributed by atoms with Crippen LogP contribution in [0.4, 0.5) is 5.69 Å². The van der Waals surface area contributed by atoms with Gasteiger partial charge in [-0.2, -0.15) is 10.2 Å². The number of anilines is 1. The van der Waals surface area contributed by atoms with Crippen molar-refractivity contribution < 1.29 is 4.79 Å². The normalized spacial score (nSPS) is 16.3. The van der Waals surface area contributed by atoms with E-state index < -0.39 is 5.91 Å². The molecule has 0 bridgehead atoms. The Hall–Kier alpha value is -3.74. The summed E-state index contributed by atoms with van der Waals surface area (Å²) in [5.74, 6) is -0.463. The van der Waals surface area contributed by atoms with Crippen molar-refractivity contribution >= 4 is 28.6 Å². The zero-order chi connectivity index (χ0) is 22.2. The van der Waals surface area contributed by atoms with Gasteiger partial charge in [-0.1, -0.05) is 50.2 Å². The van der Waals surface area contributed by atoms with E-state index in [2.05, 4.69) is 46.5 Å². The minimum absolute atomic E-state index is 0.171. The van der Waals surface area contributed by atoms with Crippen molar-refractivity contribution in [2.45, 2.75) is 32.7 Å². The molecule has 0 aliphatic carbocycles. The Morgan fingerprint density at radius 3 is 2.52 bits per heavy atom. The first kappa shape index (κ1) is 20.5. The largest absolute Gasteiger partial charge is 0.347 e. The summed E-state index contributed by atoms with van der Waals surface area (Å²) in [6.45, 7) is 6.52. The van der Waals surface area contributed by atoms with Gasteiger partial charge >= 0.3 is 0 Å². The number of nitrogens with zero attached hydrogens (tertiary/aromatic N) is 4. The second kappa shape index (κ2) is 7.83. The van der Waals surface area contributed by atoms with E-state index in [1.807, 2.05) is 32.2 Å². The van der Waals surface area contributed by atoms with Crippen molar-refractivity contribution in [3.8, 4) is 0 Å². The third-order valence-electron chi connectivity index (χ3n) is 5.80. The molecule has 3 aromatic rings. The molecule has 2 aromatic carbocycles. The zero-order valence-electron chi connectivity index (χ0n) is 18.1. The van der Waals surface area contributed by atoms with E-state index in [0.717, 1.165) is 11.4 Å². The monoisotopic (exact) mass is 415 g/mol. The number of benzene rings is 2. The van der Waals surface area contributed by atoms with Gasteiger partial charge in [0.25, 0.3) is 11.5 Å². The summed E-state index contributed by atoms with van der Waals surface area (Å²) in [7, 11) is 2.02. The number of aromatic nitrogens is 2. The fourth-order valence-corrected chi connectivity index (χ4v) is 4.18. The van der Waals surface area contributed by atoms with E-state index in [-0.39, 0.29) is 16.7 Å². The molecular formula is C24H25N5O2. The maximum Gasteiger partial charge on any atom is 0.292 e. The van der Waals surface area contributed by atoms with Crippen molar-refractivity contribution in [3.63, 3.8) is 0 Å². The van der Waals surface area contributed by atoms with Crippen LogP contribution in [-0.2, 0) is 12.0 Å². The lowest BCUT2D eigenvalue weighted by Gasteiger charge is -2.23. The van der Waals surface area contributed by atoms with Gasteiger partial charge < -0.3 is 4.90 Å². The molecule has 0 radical (unpaired) electrons. The van der Waals surface area contributed by atoms with Gasteiger partial charge in [-0.3, -0.25) is 9.59 Å². The number of nitrogens with one attached hydrogen (secondary N) is 1. The average Bonchev–Trinajstić information content (AvgIpc) is 2.97. The van der Waals surface area contributed by atoms with E-state index in [4.69, 9.17) is 0 Å². The Kier molecular flexibility index (Phi) is 5.19. The van der Waals surface area contributed by atoms with Crippen LogP contribution >= 0.6 is 0 Å². The zero-order valence-corrected chi connectivity index (χ0v) is 18.1. The van der Waals surface area contributed by atoms with Crippen LogP contribution in [0.2, 0.25) is 0 Å². The number of carbonyl (C=O) groups excluding carboxylic acids is 1. The summed E-state index contributed by atoms with van der Waals surface area (Å²) in [5, 5.41) is 9.31. The minimum Gasteiger partial charge on any atom is -0.347 e. The molecule has 0 atom stereocenters. The number of hydrogen-bond donors (Lipinski definition) is 1. The summed E-state index contributed by atoms with van der Waals surface area (Å²) in [6, 6.07) is 15.3. The predicted octanol–water partition coefficient (Wildman–Crippen LogP) is 3.44. The van der Waals surface area contributed by atoms with Crippen LogP contribution < -0.4 is 15.9 Å². The molecule has 1 aliphatic heterocycles. The SMILES string of the molecule is CCn1nc(C(=O)N/N=C/C=C2/N(C)c3ccccc3C2(C)C)c2ccccc2c1=O. The van der Waals surface area contributed by atoms with Gasteiger partial charge in [0, 0.05) is 42.0 Å². The van der Waals surface area contributed by atoms with Crippen molar-refractivity contribution in [1.29, 1.82) is 0 Å². The summed E-state index contributed by atoms with van der Waals surface area (Å²) in [6.07, 6.45) is 3.48. The highest BCUT2D eigenvalue weighted by atomic mass is 16.2. The number of aryl methyl sites for hydroxylation is 1. The Morgan fingerprint density at radius 1 is 1.13 bits per heavy atom. The molecule has 1 aromatic heterocycles. The summed E-state index contributed by atoms with van der Waals surface area (Å²) >= 11 is 0. The lowest BCUT2D eigenvalue weighted by Crippen LogP contribution is -2.28. The minimum atomic E-state index is -0.463. The number of rotatable bonds is 4. The van der Waals surface area contributed by atoms with Crippen molar-refractivity contribution in [1.82, 2.24) is 15.2 Å². The number of hydrogen-bond acceptors (Lipinski definition) is 5. The molecule has 1 N–H and O–H groups in total. The molecule has 7 nitrogen and oxygen atoms in total. The van der Waals surface area contributed by atoms with Gasteiger partial charge in [0.15, 0.2) is 5.69 Å². The Morgan fingerprint density at radius 2 is 1.81 bits per heavy atom. The molecule has 4 rings (SSSR count). The van der Waals surface area contributed by atoms with Crippen molar-refractivity contribution in [2.75, 3.05) is 11.9 Å². The van der Waals surface area contributed by atoms with Gasteiger partial charge in [0.05, 0.1) is 5.39 Å². The van der Waals surface area contributed by atoms with Crippen LogP contribution in [0, 0.1) is 0 Å². The van der Waals surface area contributed by atoms with E-state index in [0.29, 0.717) is 17.3 Å². The van der Waals surface area contributed by atoms with Gasteiger partial charge in [0.1, 0.15) is 0 Å². The molecule has 0 saturated heterocycles. The number of amides is 1. The third-order valence-corrected chi connectivity index (χ3v) is 5.80. The smallest absolute Gasteiger partial charge is 0.292 e. The van der Waals surface area contributed by atoms with Crippen LogP contribution in [0.1, 0.15) is 36.8 Å². The lowest BCUT2D eigenvalue weighted by atomic mass is 9.84. The number of allylic oxidation sites excluding steroid dienone is 2.